The fourth-order valence-corrected chi connectivity index (χ4v) is 2.89. The van der Waals surface area contributed by atoms with E-state index in [1.54, 1.807) is 0 Å². The molecule has 21 heavy (non-hydrogen) atoms. The Morgan fingerprint density at radius 2 is 2.00 bits per heavy atom. The molecule has 0 aromatic heterocycles. The number of carboxylic acid groups (broad SMARTS) is 1. The van der Waals surface area contributed by atoms with Crippen LogP contribution >= 0.6 is 11.6 Å². The second-order valence-corrected chi connectivity index (χ2v) is 6.03. The molecule has 0 heterocycles. The van der Waals surface area contributed by atoms with E-state index in [1.165, 1.54) is 12.1 Å². The minimum atomic E-state index is -1.34. The maximum absolute atomic E-state index is 13.8. The maximum Gasteiger partial charge on any atom is 0.329 e. The lowest BCUT2D eigenvalue weighted by Crippen LogP contribution is -2.56. The summed E-state index contributed by atoms with van der Waals surface area (Å²) in [7, 11) is 0. The summed E-state index contributed by atoms with van der Waals surface area (Å²) in [6.45, 7) is 2.04. The van der Waals surface area contributed by atoms with E-state index in [9.17, 15) is 19.1 Å². The second-order valence-electron chi connectivity index (χ2n) is 5.62. The molecule has 114 valence electrons. The topological polar surface area (TPSA) is 66.4 Å². The lowest BCUT2D eigenvalue weighted by atomic mass is 9.77. The molecule has 0 spiro atoms. The molecular weight excluding hydrogens is 297 g/mol. The molecule has 0 bridgehead atoms. The van der Waals surface area contributed by atoms with Crippen LogP contribution in [0.25, 0.3) is 0 Å². The summed E-state index contributed by atoms with van der Waals surface area (Å²) >= 11 is 5.84. The van der Waals surface area contributed by atoms with Crippen molar-refractivity contribution >= 4 is 23.5 Å². The van der Waals surface area contributed by atoms with Crippen molar-refractivity contribution < 1.29 is 19.1 Å². The SMILES string of the molecule is CC1CCC(NC(=O)c2c(F)cccc2Cl)(C(=O)O)CC1. The number of carbonyl (C=O) groups excluding carboxylic acids is 1. The zero-order valence-electron chi connectivity index (χ0n) is 11.7. The Labute approximate surface area is 127 Å². The van der Waals surface area contributed by atoms with Gasteiger partial charge in [-0.15, -0.1) is 0 Å². The third-order valence-electron chi connectivity index (χ3n) is 4.08. The standard InChI is InChI=1S/C15H17ClFNO3/c1-9-5-7-15(8-6-9,14(20)21)18-13(19)12-10(16)3-2-4-11(12)17/h2-4,9H,5-8H2,1H3,(H,18,19)(H,20,21). The van der Waals surface area contributed by atoms with Gasteiger partial charge in [-0.1, -0.05) is 24.6 Å². The van der Waals surface area contributed by atoms with Crippen LogP contribution in [0.2, 0.25) is 5.02 Å². The van der Waals surface area contributed by atoms with Crippen LogP contribution in [0.5, 0.6) is 0 Å². The molecule has 0 unspecified atom stereocenters. The Morgan fingerprint density at radius 3 is 2.52 bits per heavy atom. The molecule has 1 aromatic rings. The van der Waals surface area contributed by atoms with Crippen molar-refractivity contribution in [3.05, 3.63) is 34.6 Å². The van der Waals surface area contributed by atoms with Crippen molar-refractivity contribution in [2.75, 3.05) is 0 Å². The Hall–Kier alpha value is -1.62. The number of benzene rings is 1. The highest BCUT2D eigenvalue weighted by atomic mass is 35.5. The highest BCUT2D eigenvalue weighted by molar-refractivity contribution is 6.33. The van der Waals surface area contributed by atoms with Gasteiger partial charge < -0.3 is 10.4 Å². The molecule has 1 aliphatic carbocycles. The molecule has 0 atom stereocenters. The number of rotatable bonds is 3. The van der Waals surface area contributed by atoms with Crippen molar-refractivity contribution in [1.82, 2.24) is 5.32 Å². The summed E-state index contributed by atoms with van der Waals surface area (Å²) in [5.74, 6) is -2.21. The first-order chi connectivity index (χ1) is 9.85. The molecule has 4 nitrogen and oxygen atoms in total. The summed E-state index contributed by atoms with van der Waals surface area (Å²) in [6, 6.07) is 3.91. The highest BCUT2D eigenvalue weighted by Crippen LogP contribution is 2.33. The Balaban J connectivity index is 2.26. The quantitative estimate of drug-likeness (QED) is 0.900. The van der Waals surface area contributed by atoms with Crippen LogP contribution in [0.1, 0.15) is 43.0 Å². The lowest BCUT2D eigenvalue weighted by Gasteiger charge is -2.36. The van der Waals surface area contributed by atoms with Gasteiger partial charge in [0.15, 0.2) is 0 Å². The molecule has 6 heteroatoms. The smallest absolute Gasteiger partial charge is 0.329 e. The van der Waals surface area contributed by atoms with Crippen molar-refractivity contribution in [1.29, 1.82) is 0 Å². The fraction of sp³-hybridized carbons (Fsp3) is 0.467. The number of halogens is 2. The third-order valence-corrected chi connectivity index (χ3v) is 4.39. The van der Waals surface area contributed by atoms with Crippen LogP contribution < -0.4 is 5.32 Å². The molecule has 2 rings (SSSR count). The number of carbonyl (C=O) groups is 2. The summed E-state index contributed by atoms with van der Waals surface area (Å²) in [5, 5.41) is 11.9. The molecule has 2 N–H and O–H groups in total. The van der Waals surface area contributed by atoms with Crippen molar-refractivity contribution in [3.8, 4) is 0 Å². The number of amides is 1. The van der Waals surface area contributed by atoms with Crippen molar-refractivity contribution in [3.63, 3.8) is 0 Å². The second kappa shape index (κ2) is 6.02. The van der Waals surface area contributed by atoms with E-state index >= 15 is 0 Å². The molecule has 0 aliphatic heterocycles. The van der Waals surface area contributed by atoms with E-state index < -0.39 is 23.2 Å². The zero-order chi connectivity index (χ0) is 15.6. The monoisotopic (exact) mass is 313 g/mol. The summed E-state index contributed by atoms with van der Waals surface area (Å²) < 4.78 is 13.8. The minimum Gasteiger partial charge on any atom is -0.480 e. The molecule has 1 amide bonds. The number of nitrogens with one attached hydrogen (secondary N) is 1. The predicted molar refractivity (Wildman–Crippen MR) is 76.9 cm³/mol. The Bertz CT molecular complexity index is 548. The van der Waals surface area contributed by atoms with Gasteiger partial charge in [0.1, 0.15) is 11.4 Å². The predicted octanol–water partition coefficient (Wildman–Crippen LogP) is 3.24. The lowest BCUT2D eigenvalue weighted by molar-refractivity contribution is -0.146. The van der Waals surface area contributed by atoms with E-state index in [0.29, 0.717) is 31.6 Å². The van der Waals surface area contributed by atoms with Gasteiger partial charge in [-0.25, -0.2) is 9.18 Å². The van der Waals surface area contributed by atoms with Gasteiger partial charge in [0.05, 0.1) is 10.6 Å². The largest absolute Gasteiger partial charge is 0.480 e. The number of aliphatic carboxylic acids is 1. The van der Waals surface area contributed by atoms with E-state index in [1.807, 2.05) is 6.92 Å². The van der Waals surface area contributed by atoms with Crippen LogP contribution in [0.15, 0.2) is 18.2 Å². The van der Waals surface area contributed by atoms with Crippen molar-refractivity contribution in [2.24, 2.45) is 5.92 Å². The first-order valence-corrected chi connectivity index (χ1v) is 7.23. The number of carboxylic acids is 1. The molecule has 1 aromatic carbocycles. The van der Waals surface area contributed by atoms with E-state index in [-0.39, 0.29) is 10.6 Å². The zero-order valence-corrected chi connectivity index (χ0v) is 12.4. The van der Waals surface area contributed by atoms with Gasteiger partial charge in [-0.05, 0) is 43.7 Å². The summed E-state index contributed by atoms with van der Waals surface area (Å²) in [5.41, 5.74) is -1.65. The highest BCUT2D eigenvalue weighted by Gasteiger charge is 2.43. The molecule has 0 radical (unpaired) electrons. The van der Waals surface area contributed by atoms with Gasteiger partial charge in [0.2, 0.25) is 0 Å². The van der Waals surface area contributed by atoms with Crippen LogP contribution in [-0.4, -0.2) is 22.5 Å². The van der Waals surface area contributed by atoms with Gasteiger partial charge in [0.25, 0.3) is 5.91 Å². The van der Waals surface area contributed by atoms with Gasteiger partial charge in [-0.2, -0.15) is 0 Å². The maximum atomic E-state index is 13.8. The average molecular weight is 314 g/mol. The Morgan fingerprint density at radius 1 is 1.38 bits per heavy atom. The van der Waals surface area contributed by atoms with E-state index in [4.69, 9.17) is 11.6 Å². The molecule has 1 fully saturated rings. The normalized spacial score (nSPS) is 25.4. The first kappa shape index (κ1) is 15.8. The van der Waals surface area contributed by atoms with Gasteiger partial charge in [0, 0.05) is 0 Å². The van der Waals surface area contributed by atoms with Crippen LogP contribution in [0.3, 0.4) is 0 Å². The molecule has 0 saturated heterocycles. The van der Waals surface area contributed by atoms with Crippen molar-refractivity contribution in [2.45, 2.75) is 38.1 Å². The summed E-state index contributed by atoms with van der Waals surface area (Å²) in [4.78, 5) is 23.8. The Kier molecular flexibility index (Phi) is 4.52. The average Bonchev–Trinajstić information content (AvgIpc) is 2.41. The minimum absolute atomic E-state index is 0.0304. The first-order valence-electron chi connectivity index (χ1n) is 6.85. The van der Waals surface area contributed by atoms with Gasteiger partial charge >= 0.3 is 5.97 Å². The van der Waals surface area contributed by atoms with Crippen LogP contribution in [0, 0.1) is 11.7 Å². The molecule has 1 saturated carbocycles. The van der Waals surface area contributed by atoms with Gasteiger partial charge in [-0.3, -0.25) is 4.79 Å². The third kappa shape index (κ3) is 3.18. The summed E-state index contributed by atoms with van der Waals surface area (Å²) in [6.07, 6.45) is 2.08. The molecule has 1 aliphatic rings. The van der Waals surface area contributed by atoms with Crippen LogP contribution in [0.4, 0.5) is 4.39 Å². The van der Waals surface area contributed by atoms with E-state index in [2.05, 4.69) is 5.32 Å². The molecular formula is C15H17ClFNO3. The fourth-order valence-electron chi connectivity index (χ4n) is 2.64. The number of hydrogen-bond acceptors (Lipinski definition) is 2. The van der Waals surface area contributed by atoms with E-state index in [0.717, 1.165) is 6.07 Å². The van der Waals surface area contributed by atoms with Crippen LogP contribution in [-0.2, 0) is 4.79 Å². The number of hydrogen-bond donors (Lipinski definition) is 2.